The molecule has 0 radical (unpaired) electrons. The Morgan fingerprint density at radius 2 is 2.00 bits per heavy atom. The zero-order chi connectivity index (χ0) is 23.2. The number of esters is 2. The third-order valence-electron chi connectivity index (χ3n) is 4.46. The first-order valence-corrected chi connectivity index (χ1v) is 10.8. The molecule has 1 amide bonds. The number of benzene rings is 1. The van der Waals surface area contributed by atoms with E-state index in [9.17, 15) is 14.4 Å². The van der Waals surface area contributed by atoms with E-state index in [2.05, 4.69) is 5.32 Å². The van der Waals surface area contributed by atoms with E-state index in [1.54, 1.807) is 42.6 Å². The Morgan fingerprint density at radius 3 is 2.79 bits per heavy atom. The SMILES string of the molecule is CCOC(=O)c1c(-c2ccco2)csc1NC(=O)COC(=O)/C=C/c1ccc2c(c1)OCO2. The fourth-order valence-corrected chi connectivity index (χ4v) is 3.95. The molecule has 1 aliphatic heterocycles. The fourth-order valence-electron chi connectivity index (χ4n) is 3.00. The van der Waals surface area contributed by atoms with Gasteiger partial charge in [0.25, 0.3) is 5.91 Å². The molecule has 3 aromatic rings. The zero-order valence-corrected chi connectivity index (χ0v) is 18.3. The van der Waals surface area contributed by atoms with Gasteiger partial charge in [-0.1, -0.05) is 6.07 Å². The molecule has 9 nitrogen and oxygen atoms in total. The molecule has 0 fully saturated rings. The minimum Gasteiger partial charge on any atom is -0.464 e. The van der Waals surface area contributed by atoms with Crippen LogP contribution < -0.4 is 14.8 Å². The van der Waals surface area contributed by atoms with E-state index in [1.807, 2.05) is 0 Å². The molecule has 1 aliphatic rings. The van der Waals surface area contributed by atoms with Crippen LogP contribution in [0.1, 0.15) is 22.8 Å². The number of carbonyl (C=O) groups excluding carboxylic acids is 3. The highest BCUT2D eigenvalue weighted by Crippen LogP contribution is 2.36. The summed E-state index contributed by atoms with van der Waals surface area (Å²) in [6, 6.07) is 8.61. The van der Waals surface area contributed by atoms with Crippen LogP contribution in [-0.4, -0.2) is 37.9 Å². The lowest BCUT2D eigenvalue weighted by atomic mass is 10.1. The van der Waals surface area contributed by atoms with Crippen molar-refractivity contribution in [1.82, 2.24) is 0 Å². The van der Waals surface area contributed by atoms with Crippen molar-refractivity contribution in [3.05, 3.63) is 59.2 Å². The summed E-state index contributed by atoms with van der Waals surface area (Å²) in [6.07, 6.45) is 4.22. The summed E-state index contributed by atoms with van der Waals surface area (Å²) in [4.78, 5) is 36.8. The van der Waals surface area contributed by atoms with E-state index < -0.39 is 24.5 Å². The van der Waals surface area contributed by atoms with Crippen molar-refractivity contribution in [1.29, 1.82) is 0 Å². The van der Waals surface area contributed by atoms with Gasteiger partial charge in [-0.3, -0.25) is 4.79 Å². The van der Waals surface area contributed by atoms with Crippen LogP contribution in [0.5, 0.6) is 11.5 Å². The van der Waals surface area contributed by atoms with Crippen molar-refractivity contribution in [3.8, 4) is 22.8 Å². The van der Waals surface area contributed by atoms with E-state index in [1.165, 1.54) is 18.4 Å². The molecule has 170 valence electrons. The summed E-state index contributed by atoms with van der Waals surface area (Å²) >= 11 is 1.14. The van der Waals surface area contributed by atoms with E-state index in [0.717, 1.165) is 11.3 Å². The van der Waals surface area contributed by atoms with Gasteiger partial charge in [-0.2, -0.15) is 0 Å². The molecule has 33 heavy (non-hydrogen) atoms. The monoisotopic (exact) mass is 469 g/mol. The molecule has 0 saturated carbocycles. The van der Waals surface area contributed by atoms with Crippen LogP contribution in [0.25, 0.3) is 17.4 Å². The molecule has 1 aromatic carbocycles. The second kappa shape index (κ2) is 10.0. The summed E-state index contributed by atoms with van der Waals surface area (Å²) in [6.45, 7) is 1.49. The maximum Gasteiger partial charge on any atom is 0.341 e. The van der Waals surface area contributed by atoms with E-state index in [4.69, 9.17) is 23.4 Å². The number of furan rings is 1. The van der Waals surface area contributed by atoms with Gasteiger partial charge in [0.15, 0.2) is 18.1 Å². The van der Waals surface area contributed by atoms with Gasteiger partial charge in [0.1, 0.15) is 16.3 Å². The predicted molar refractivity (Wildman–Crippen MR) is 119 cm³/mol. The summed E-state index contributed by atoms with van der Waals surface area (Å²) in [5.74, 6) is -0.197. The summed E-state index contributed by atoms with van der Waals surface area (Å²) in [7, 11) is 0. The first-order chi connectivity index (χ1) is 16.0. The molecular weight excluding hydrogens is 450 g/mol. The topological polar surface area (TPSA) is 113 Å². The van der Waals surface area contributed by atoms with Crippen molar-refractivity contribution in [3.63, 3.8) is 0 Å². The minimum atomic E-state index is -0.698. The first kappa shape index (κ1) is 22.2. The Bertz CT molecular complexity index is 1200. The summed E-state index contributed by atoms with van der Waals surface area (Å²) < 4.78 is 26.0. The van der Waals surface area contributed by atoms with Gasteiger partial charge in [0.2, 0.25) is 6.79 Å². The molecular formula is C23H19NO8S. The molecule has 3 heterocycles. The van der Waals surface area contributed by atoms with Crippen LogP contribution in [0.2, 0.25) is 0 Å². The highest BCUT2D eigenvalue weighted by molar-refractivity contribution is 7.15. The number of thiophene rings is 1. The van der Waals surface area contributed by atoms with Gasteiger partial charge >= 0.3 is 11.9 Å². The maximum atomic E-state index is 12.5. The third kappa shape index (κ3) is 5.24. The van der Waals surface area contributed by atoms with E-state index in [-0.39, 0.29) is 24.0 Å². The van der Waals surface area contributed by atoms with Crippen molar-refractivity contribution in [2.45, 2.75) is 6.92 Å². The molecule has 2 aromatic heterocycles. The Labute approximate surface area is 192 Å². The van der Waals surface area contributed by atoms with Crippen LogP contribution in [0.3, 0.4) is 0 Å². The summed E-state index contributed by atoms with van der Waals surface area (Å²) in [5, 5.41) is 4.55. The normalized spacial score (nSPS) is 12.0. The number of rotatable bonds is 8. The Balaban J connectivity index is 1.36. The molecule has 0 aliphatic carbocycles. The number of fused-ring (bicyclic) bond motifs is 1. The van der Waals surface area contributed by atoms with Crippen molar-refractivity contribution < 1.29 is 37.7 Å². The van der Waals surface area contributed by atoms with Crippen LogP contribution in [0.15, 0.2) is 52.5 Å². The molecule has 1 N–H and O–H groups in total. The quantitative estimate of drug-likeness (QED) is 0.387. The van der Waals surface area contributed by atoms with Crippen molar-refractivity contribution >= 4 is 40.3 Å². The number of hydrogen-bond acceptors (Lipinski definition) is 9. The van der Waals surface area contributed by atoms with Crippen LogP contribution in [0, 0.1) is 0 Å². The largest absolute Gasteiger partial charge is 0.464 e. The molecule has 0 atom stereocenters. The molecule has 4 rings (SSSR count). The average molecular weight is 469 g/mol. The Hall–Kier alpha value is -4.05. The third-order valence-corrected chi connectivity index (χ3v) is 5.36. The van der Waals surface area contributed by atoms with E-state index >= 15 is 0 Å². The number of nitrogens with one attached hydrogen (secondary N) is 1. The smallest absolute Gasteiger partial charge is 0.341 e. The van der Waals surface area contributed by atoms with Gasteiger partial charge in [0.05, 0.1) is 12.9 Å². The van der Waals surface area contributed by atoms with E-state index in [0.29, 0.717) is 28.4 Å². The lowest BCUT2D eigenvalue weighted by molar-refractivity contribution is -0.142. The first-order valence-electron chi connectivity index (χ1n) is 9.92. The molecule has 0 spiro atoms. The number of amides is 1. The van der Waals surface area contributed by atoms with Crippen molar-refractivity contribution in [2.24, 2.45) is 0 Å². The number of ether oxygens (including phenoxy) is 4. The minimum absolute atomic E-state index is 0.158. The fraction of sp³-hybridized carbons (Fsp3) is 0.174. The van der Waals surface area contributed by atoms with Crippen LogP contribution >= 0.6 is 11.3 Å². The van der Waals surface area contributed by atoms with Crippen LogP contribution in [-0.2, 0) is 19.1 Å². The number of hydrogen-bond donors (Lipinski definition) is 1. The Kier molecular flexibility index (Phi) is 6.75. The van der Waals surface area contributed by atoms with Gasteiger partial charge in [-0.05, 0) is 42.8 Å². The second-order valence-electron chi connectivity index (χ2n) is 6.65. The lowest BCUT2D eigenvalue weighted by Gasteiger charge is -2.08. The molecule has 0 unspecified atom stereocenters. The van der Waals surface area contributed by atoms with Crippen LogP contribution in [0.4, 0.5) is 5.00 Å². The maximum absolute atomic E-state index is 12.5. The standard InChI is InChI=1S/C23H19NO8S/c1-2-28-23(27)21-15(16-4-3-9-29-16)12-33-22(21)24-19(25)11-30-20(26)8-6-14-5-7-17-18(10-14)32-13-31-17/h3-10,12H,2,11,13H2,1H3,(H,24,25)/b8-6+. The number of anilines is 1. The van der Waals surface area contributed by atoms with Gasteiger partial charge < -0.3 is 28.7 Å². The summed E-state index contributed by atoms with van der Waals surface area (Å²) in [5.41, 5.74) is 1.39. The highest BCUT2D eigenvalue weighted by Gasteiger charge is 2.24. The Morgan fingerprint density at radius 1 is 1.15 bits per heavy atom. The van der Waals surface area contributed by atoms with Gasteiger partial charge in [-0.15, -0.1) is 11.3 Å². The van der Waals surface area contributed by atoms with Gasteiger partial charge in [-0.25, -0.2) is 9.59 Å². The average Bonchev–Trinajstić information content (AvgIpc) is 3.56. The second-order valence-corrected chi connectivity index (χ2v) is 7.53. The molecule has 10 heteroatoms. The van der Waals surface area contributed by atoms with Crippen molar-refractivity contribution in [2.75, 3.05) is 25.3 Å². The number of carbonyl (C=O) groups is 3. The highest BCUT2D eigenvalue weighted by atomic mass is 32.1. The molecule has 0 bridgehead atoms. The van der Waals surface area contributed by atoms with Gasteiger partial charge in [0, 0.05) is 17.0 Å². The zero-order valence-electron chi connectivity index (χ0n) is 17.5. The molecule has 0 saturated heterocycles. The lowest BCUT2D eigenvalue weighted by Crippen LogP contribution is -2.21. The predicted octanol–water partition coefficient (Wildman–Crippen LogP) is 4.11.